The Labute approximate surface area is 121 Å². The summed E-state index contributed by atoms with van der Waals surface area (Å²) < 4.78 is 0. The summed E-state index contributed by atoms with van der Waals surface area (Å²) in [6.45, 7) is 5.39. The molecule has 0 radical (unpaired) electrons. The summed E-state index contributed by atoms with van der Waals surface area (Å²) in [4.78, 5) is 13.7. The van der Waals surface area contributed by atoms with Crippen LogP contribution in [-0.2, 0) is 24.3 Å². The molecule has 0 aliphatic carbocycles. The lowest BCUT2D eigenvalue weighted by molar-refractivity contribution is -0.114. The van der Waals surface area contributed by atoms with Crippen molar-refractivity contribution in [1.82, 2.24) is 5.32 Å². The van der Waals surface area contributed by atoms with Gasteiger partial charge in [0.05, 0.1) is 5.69 Å². The Bertz CT molecular complexity index is 545. The third kappa shape index (κ3) is 3.89. The number of amides is 1. The van der Waals surface area contributed by atoms with Gasteiger partial charge in [-0.05, 0) is 34.9 Å². The molecule has 2 heterocycles. The summed E-state index contributed by atoms with van der Waals surface area (Å²) in [5.41, 5.74) is 2.35. The van der Waals surface area contributed by atoms with E-state index in [1.807, 2.05) is 11.4 Å². The molecule has 0 bridgehead atoms. The number of thiophene rings is 2. The Morgan fingerprint density at radius 3 is 2.58 bits per heavy atom. The Balaban J connectivity index is 1.89. The van der Waals surface area contributed by atoms with Crippen LogP contribution in [0.5, 0.6) is 0 Å². The quantitative estimate of drug-likeness (QED) is 0.854. The average molecular weight is 294 g/mol. The number of carbonyl (C=O) groups is 1. The Kier molecular flexibility index (Phi) is 5.13. The summed E-state index contributed by atoms with van der Waals surface area (Å²) in [6.07, 6.45) is 1.08. The van der Waals surface area contributed by atoms with Crippen molar-refractivity contribution in [2.24, 2.45) is 0 Å². The molecule has 0 saturated carbocycles. The van der Waals surface area contributed by atoms with E-state index in [0.29, 0.717) is 0 Å². The van der Waals surface area contributed by atoms with Crippen LogP contribution in [0.4, 0.5) is 5.69 Å². The molecule has 0 aliphatic heterocycles. The fourth-order valence-electron chi connectivity index (χ4n) is 1.91. The first-order valence-electron chi connectivity index (χ1n) is 6.30. The molecule has 0 atom stereocenters. The molecule has 0 spiro atoms. The standard InChI is InChI=1S/C14H18N2OS2/c1-3-11-4-6-18-13(11)8-15-9-14-12(5-7-19-14)16-10(2)17/h4-7,15H,3,8-9H2,1-2H3,(H,16,17). The summed E-state index contributed by atoms with van der Waals surface area (Å²) >= 11 is 3.46. The van der Waals surface area contributed by atoms with E-state index < -0.39 is 0 Å². The molecule has 3 nitrogen and oxygen atoms in total. The minimum absolute atomic E-state index is 0.0221. The molecule has 0 fully saturated rings. The van der Waals surface area contributed by atoms with Gasteiger partial charge in [-0.25, -0.2) is 0 Å². The third-order valence-electron chi connectivity index (χ3n) is 2.85. The predicted molar refractivity (Wildman–Crippen MR) is 82.9 cm³/mol. The maximum Gasteiger partial charge on any atom is 0.221 e. The largest absolute Gasteiger partial charge is 0.325 e. The number of rotatable bonds is 6. The molecule has 1 amide bonds. The van der Waals surface area contributed by atoms with Gasteiger partial charge in [-0.1, -0.05) is 6.92 Å². The number of hydrogen-bond acceptors (Lipinski definition) is 4. The van der Waals surface area contributed by atoms with Crippen LogP contribution < -0.4 is 10.6 Å². The zero-order valence-electron chi connectivity index (χ0n) is 11.2. The van der Waals surface area contributed by atoms with Gasteiger partial charge in [0, 0.05) is 29.8 Å². The highest BCUT2D eigenvalue weighted by atomic mass is 32.1. The van der Waals surface area contributed by atoms with E-state index in [9.17, 15) is 4.79 Å². The minimum atomic E-state index is -0.0221. The molecule has 5 heteroatoms. The van der Waals surface area contributed by atoms with E-state index in [4.69, 9.17) is 0 Å². The topological polar surface area (TPSA) is 41.1 Å². The van der Waals surface area contributed by atoms with Gasteiger partial charge in [0.2, 0.25) is 5.91 Å². The molecule has 2 N–H and O–H groups in total. The third-order valence-corrected chi connectivity index (χ3v) is 4.73. The Hall–Kier alpha value is -1.17. The summed E-state index contributed by atoms with van der Waals surface area (Å²) in [5.74, 6) is -0.0221. The average Bonchev–Trinajstić information content (AvgIpc) is 2.98. The number of anilines is 1. The molecular weight excluding hydrogens is 276 g/mol. The Morgan fingerprint density at radius 1 is 1.16 bits per heavy atom. The smallest absolute Gasteiger partial charge is 0.221 e. The van der Waals surface area contributed by atoms with Crippen LogP contribution in [0, 0.1) is 0 Å². The van der Waals surface area contributed by atoms with E-state index in [1.54, 1.807) is 22.7 Å². The van der Waals surface area contributed by atoms with Gasteiger partial charge in [0.15, 0.2) is 0 Å². The van der Waals surface area contributed by atoms with Gasteiger partial charge < -0.3 is 10.6 Å². The minimum Gasteiger partial charge on any atom is -0.325 e. The van der Waals surface area contributed by atoms with Crippen LogP contribution in [0.25, 0.3) is 0 Å². The second kappa shape index (κ2) is 6.84. The Morgan fingerprint density at radius 2 is 1.84 bits per heavy atom. The van der Waals surface area contributed by atoms with Crippen molar-refractivity contribution in [3.8, 4) is 0 Å². The maximum atomic E-state index is 11.1. The van der Waals surface area contributed by atoms with Crippen molar-refractivity contribution in [2.75, 3.05) is 5.32 Å². The fraction of sp³-hybridized carbons (Fsp3) is 0.357. The lowest BCUT2D eigenvalue weighted by atomic mass is 10.2. The lowest BCUT2D eigenvalue weighted by Gasteiger charge is -2.06. The van der Waals surface area contributed by atoms with Crippen LogP contribution in [-0.4, -0.2) is 5.91 Å². The zero-order chi connectivity index (χ0) is 13.7. The molecular formula is C14H18N2OS2. The number of aryl methyl sites for hydroxylation is 1. The second-order valence-electron chi connectivity index (χ2n) is 4.26. The molecule has 2 aromatic rings. The van der Waals surface area contributed by atoms with Gasteiger partial charge in [-0.3, -0.25) is 4.79 Å². The van der Waals surface area contributed by atoms with Crippen molar-refractivity contribution < 1.29 is 4.79 Å². The van der Waals surface area contributed by atoms with Crippen molar-refractivity contribution >= 4 is 34.3 Å². The second-order valence-corrected chi connectivity index (χ2v) is 6.27. The molecule has 0 saturated heterocycles. The van der Waals surface area contributed by atoms with Gasteiger partial charge in [0.25, 0.3) is 0 Å². The highest BCUT2D eigenvalue weighted by molar-refractivity contribution is 7.10. The van der Waals surface area contributed by atoms with Gasteiger partial charge in [-0.15, -0.1) is 22.7 Å². The SMILES string of the molecule is CCc1ccsc1CNCc1sccc1NC(C)=O. The molecule has 2 aromatic heterocycles. The van der Waals surface area contributed by atoms with Gasteiger partial charge in [0.1, 0.15) is 0 Å². The normalized spacial score (nSPS) is 10.6. The highest BCUT2D eigenvalue weighted by Crippen LogP contribution is 2.23. The summed E-state index contributed by atoms with van der Waals surface area (Å²) in [6, 6.07) is 4.14. The fourth-order valence-corrected chi connectivity index (χ4v) is 3.65. The van der Waals surface area contributed by atoms with E-state index >= 15 is 0 Å². The summed E-state index contributed by atoms with van der Waals surface area (Å²) in [7, 11) is 0. The van der Waals surface area contributed by atoms with Crippen molar-refractivity contribution in [3.05, 3.63) is 38.2 Å². The van der Waals surface area contributed by atoms with Crippen molar-refractivity contribution in [3.63, 3.8) is 0 Å². The number of hydrogen-bond donors (Lipinski definition) is 2. The van der Waals surface area contributed by atoms with Crippen LogP contribution in [0.1, 0.15) is 29.2 Å². The molecule has 0 unspecified atom stereocenters. The first kappa shape index (κ1) is 14.2. The van der Waals surface area contributed by atoms with Crippen LogP contribution in [0.2, 0.25) is 0 Å². The van der Waals surface area contributed by atoms with Gasteiger partial charge >= 0.3 is 0 Å². The first-order valence-corrected chi connectivity index (χ1v) is 8.06. The van der Waals surface area contributed by atoms with Crippen molar-refractivity contribution in [2.45, 2.75) is 33.4 Å². The van der Waals surface area contributed by atoms with Crippen LogP contribution in [0.3, 0.4) is 0 Å². The first-order chi connectivity index (χ1) is 9.20. The van der Waals surface area contributed by atoms with Crippen LogP contribution in [0.15, 0.2) is 22.9 Å². The van der Waals surface area contributed by atoms with E-state index in [1.165, 1.54) is 22.2 Å². The number of nitrogens with one attached hydrogen (secondary N) is 2. The van der Waals surface area contributed by atoms with E-state index in [2.05, 4.69) is 29.0 Å². The lowest BCUT2D eigenvalue weighted by Crippen LogP contribution is -2.14. The molecule has 19 heavy (non-hydrogen) atoms. The maximum absolute atomic E-state index is 11.1. The van der Waals surface area contributed by atoms with Crippen LogP contribution >= 0.6 is 22.7 Å². The van der Waals surface area contributed by atoms with E-state index in [-0.39, 0.29) is 5.91 Å². The molecule has 0 aromatic carbocycles. The monoisotopic (exact) mass is 294 g/mol. The highest BCUT2D eigenvalue weighted by Gasteiger charge is 2.06. The predicted octanol–water partition coefficient (Wildman–Crippen LogP) is 3.62. The summed E-state index contributed by atoms with van der Waals surface area (Å²) in [5, 5.41) is 10.4. The molecule has 102 valence electrons. The molecule has 2 rings (SSSR count). The van der Waals surface area contributed by atoms with Gasteiger partial charge in [-0.2, -0.15) is 0 Å². The number of carbonyl (C=O) groups excluding carboxylic acids is 1. The van der Waals surface area contributed by atoms with E-state index in [0.717, 1.165) is 25.2 Å². The molecule has 0 aliphatic rings. The zero-order valence-corrected chi connectivity index (χ0v) is 12.8. The van der Waals surface area contributed by atoms with Crippen molar-refractivity contribution in [1.29, 1.82) is 0 Å².